The van der Waals surface area contributed by atoms with Gasteiger partial charge in [-0.3, -0.25) is 9.69 Å². The number of rotatable bonds is 10. The van der Waals surface area contributed by atoms with Crippen LogP contribution in [0.3, 0.4) is 0 Å². The van der Waals surface area contributed by atoms with E-state index in [1.165, 1.54) is 17.0 Å². The molecular formula is C34H32ClFN4O4. The van der Waals surface area contributed by atoms with Crippen LogP contribution in [0.25, 0.3) is 0 Å². The van der Waals surface area contributed by atoms with Crippen molar-refractivity contribution in [2.75, 3.05) is 13.2 Å². The number of carbonyl (C=O) groups is 1. The van der Waals surface area contributed by atoms with Crippen molar-refractivity contribution in [3.05, 3.63) is 123 Å². The highest BCUT2D eigenvalue weighted by molar-refractivity contribution is 6.30. The Morgan fingerprint density at radius 2 is 1.86 bits per heavy atom. The molecule has 10 heteroatoms. The minimum Gasteiger partial charge on any atom is -0.396 e. The Balaban J connectivity index is 1.57. The Bertz CT molecular complexity index is 1760. The molecule has 1 aliphatic heterocycles. The molecule has 226 valence electrons. The largest absolute Gasteiger partial charge is 0.396 e. The van der Waals surface area contributed by atoms with Crippen molar-refractivity contribution in [1.29, 1.82) is 5.26 Å². The summed E-state index contributed by atoms with van der Waals surface area (Å²) in [6.07, 6.45) is 4.89. The number of carbonyl (C=O) groups excluding carboxylic acids is 1. The van der Waals surface area contributed by atoms with E-state index in [0.717, 1.165) is 12.8 Å². The highest BCUT2D eigenvalue weighted by Crippen LogP contribution is 2.52. The average molecular weight is 615 g/mol. The number of nitrogens with zero attached hydrogens (tertiary/aromatic N) is 4. The van der Waals surface area contributed by atoms with E-state index in [1.807, 2.05) is 0 Å². The van der Waals surface area contributed by atoms with E-state index in [4.69, 9.17) is 16.3 Å². The number of hydrogen-bond donors (Lipinski definition) is 2. The summed E-state index contributed by atoms with van der Waals surface area (Å²) in [5.74, 6) is -1.21. The fourth-order valence-electron chi connectivity index (χ4n) is 5.98. The number of aliphatic hydroxyl groups excluding tert-OH is 1. The maximum atomic E-state index is 16.8. The monoisotopic (exact) mass is 614 g/mol. The van der Waals surface area contributed by atoms with Gasteiger partial charge in [0.15, 0.2) is 5.72 Å². The number of aliphatic hydroxyl groups is 2. The van der Waals surface area contributed by atoms with Gasteiger partial charge in [-0.05, 0) is 66.8 Å². The van der Waals surface area contributed by atoms with Gasteiger partial charge in [0.05, 0.1) is 48.0 Å². The Labute approximate surface area is 259 Å². The molecule has 1 fully saturated rings. The topological polar surface area (TPSA) is 112 Å². The van der Waals surface area contributed by atoms with Gasteiger partial charge in [-0.2, -0.15) is 5.26 Å². The van der Waals surface area contributed by atoms with Gasteiger partial charge in [-0.25, -0.2) is 9.37 Å². The molecule has 8 nitrogen and oxygen atoms in total. The minimum absolute atomic E-state index is 0.0235. The molecule has 0 saturated heterocycles. The Morgan fingerprint density at radius 3 is 2.43 bits per heavy atom. The molecule has 1 aliphatic carbocycles. The second-order valence-corrected chi connectivity index (χ2v) is 12.3. The van der Waals surface area contributed by atoms with Crippen LogP contribution in [-0.4, -0.2) is 43.8 Å². The number of aromatic nitrogens is 2. The summed E-state index contributed by atoms with van der Waals surface area (Å²) in [4.78, 5) is 20.3. The summed E-state index contributed by atoms with van der Waals surface area (Å²) < 4.78 is 25.2. The number of aryl methyl sites for hydroxylation is 1. The van der Waals surface area contributed by atoms with Gasteiger partial charge in [0.1, 0.15) is 11.4 Å². The zero-order chi connectivity index (χ0) is 31.3. The van der Waals surface area contributed by atoms with E-state index >= 15 is 4.39 Å². The molecule has 2 atom stereocenters. The summed E-state index contributed by atoms with van der Waals surface area (Å²) in [5.41, 5.74) is -1.59. The molecule has 1 unspecified atom stereocenters. The highest BCUT2D eigenvalue weighted by Gasteiger charge is 2.56. The van der Waals surface area contributed by atoms with Crippen LogP contribution in [0.4, 0.5) is 4.39 Å². The lowest BCUT2D eigenvalue weighted by atomic mass is 9.84. The first-order chi connectivity index (χ1) is 21.1. The standard InChI is InChI=1S/C34H32ClFN4O4/c1-3-33(43,29-18-39(2)21-38-29)25-14-27-30(28(36)15-25)34(24-8-10-26(35)11-9-24,44-20-32(19-41)12-13-32)40(31(27)42)17-23-6-4-22(16-37)5-7-23/h4-11,14-15,18,21,41,43H,3,12-13,17,19-20H2,1-2H3/t33?,34-/m1/s1. The molecule has 6 rings (SSSR count). The lowest BCUT2D eigenvalue weighted by Crippen LogP contribution is -2.48. The van der Waals surface area contributed by atoms with Crippen LogP contribution in [0.15, 0.2) is 73.2 Å². The molecule has 4 aromatic rings. The van der Waals surface area contributed by atoms with Crippen molar-refractivity contribution >= 4 is 17.5 Å². The summed E-state index contributed by atoms with van der Waals surface area (Å²) in [7, 11) is 1.78. The number of nitriles is 1. The van der Waals surface area contributed by atoms with E-state index < -0.39 is 28.5 Å². The van der Waals surface area contributed by atoms with Crippen molar-refractivity contribution in [1.82, 2.24) is 14.5 Å². The van der Waals surface area contributed by atoms with Crippen molar-refractivity contribution in [2.24, 2.45) is 12.5 Å². The first-order valence-electron chi connectivity index (χ1n) is 14.5. The molecule has 0 radical (unpaired) electrons. The summed E-state index contributed by atoms with van der Waals surface area (Å²) >= 11 is 6.26. The fraction of sp³-hybridized carbons (Fsp3) is 0.324. The Kier molecular flexibility index (Phi) is 7.58. The van der Waals surface area contributed by atoms with Gasteiger partial charge < -0.3 is 19.5 Å². The zero-order valence-corrected chi connectivity index (χ0v) is 25.2. The van der Waals surface area contributed by atoms with Gasteiger partial charge in [-0.1, -0.05) is 42.8 Å². The molecule has 2 N–H and O–H groups in total. The third-order valence-electron chi connectivity index (χ3n) is 8.94. The second kappa shape index (κ2) is 11.1. The maximum absolute atomic E-state index is 16.8. The molecule has 2 aliphatic rings. The van der Waals surface area contributed by atoms with E-state index in [0.29, 0.717) is 27.4 Å². The third-order valence-corrected chi connectivity index (χ3v) is 9.19. The molecular weight excluding hydrogens is 583 g/mol. The van der Waals surface area contributed by atoms with Gasteiger partial charge in [-0.15, -0.1) is 0 Å². The number of ether oxygens (including phenoxy) is 1. The Morgan fingerprint density at radius 1 is 1.16 bits per heavy atom. The first-order valence-corrected chi connectivity index (χ1v) is 14.8. The molecule has 0 bridgehead atoms. The number of halogens is 2. The minimum atomic E-state index is -1.71. The molecule has 44 heavy (non-hydrogen) atoms. The predicted octanol–water partition coefficient (Wildman–Crippen LogP) is 5.38. The van der Waals surface area contributed by atoms with Crippen LogP contribution in [0.5, 0.6) is 0 Å². The number of amides is 1. The van der Waals surface area contributed by atoms with E-state index in [-0.39, 0.29) is 42.9 Å². The van der Waals surface area contributed by atoms with Crippen LogP contribution < -0.4 is 0 Å². The van der Waals surface area contributed by atoms with Gasteiger partial charge >= 0.3 is 0 Å². The molecule has 1 aromatic heterocycles. The van der Waals surface area contributed by atoms with Gasteiger partial charge in [0.25, 0.3) is 5.91 Å². The fourth-order valence-corrected chi connectivity index (χ4v) is 6.11. The zero-order valence-electron chi connectivity index (χ0n) is 24.4. The van der Waals surface area contributed by atoms with Crippen LogP contribution in [0, 0.1) is 22.6 Å². The lowest BCUT2D eigenvalue weighted by molar-refractivity contribution is -0.130. The average Bonchev–Trinajstić information content (AvgIpc) is 3.62. The molecule has 3 aromatic carbocycles. The summed E-state index contributed by atoms with van der Waals surface area (Å²) in [5, 5.41) is 31.7. The smallest absolute Gasteiger partial charge is 0.257 e. The molecule has 2 heterocycles. The number of benzene rings is 3. The number of imidazole rings is 1. The Hall–Kier alpha value is -4.07. The molecule has 0 spiro atoms. The summed E-state index contributed by atoms with van der Waals surface area (Å²) in [6.45, 7) is 1.77. The van der Waals surface area contributed by atoms with Crippen molar-refractivity contribution in [3.63, 3.8) is 0 Å². The van der Waals surface area contributed by atoms with Crippen molar-refractivity contribution < 1.29 is 24.1 Å². The van der Waals surface area contributed by atoms with Crippen LogP contribution >= 0.6 is 11.6 Å². The van der Waals surface area contributed by atoms with E-state index in [9.17, 15) is 20.3 Å². The summed E-state index contributed by atoms with van der Waals surface area (Å²) in [6, 6.07) is 18.4. The van der Waals surface area contributed by atoms with E-state index in [1.54, 1.807) is 79.6 Å². The van der Waals surface area contributed by atoms with Crippen molar-refractivity contribution in [3.8, 4) is 6.07 Å². The third kappa shape index (κ3) is 4.88. The van der Waals surface area contributed by atoms with Crippen molar-refractivity contribution in [2.45, 2.75) is 44.1 Å². The normalized spacial score (nSPS) is 19.8. The SMILES string of the molecule is CCC(O)(c1cc(F)c2c(c1)C(=O)N(Cc1ccc(C#N)cc1)[C@@]2(OCC1(CO)CC1)c1ccc(Cl)cc1)c1cn(C)cn1. The van der Waals surface area contributed by atoms with Crippen LogP contribution in [0.2, 0.25) is 5.02 Å². The van der Waals surface area contributed by atoms with Crippen LogP contribution in [0.1, 0.15) is 70.1 Å². The predicted molar refractivity (Wildman–Crippen MR) is 161 cm³/mol. The van der Waals surface area contributed by atoms with Gasteiger partial charge in [0.2, 0.25) is 0 Å². The van der Waals surface area contributed by atoms with Crippen LogP contribution in [-0.2, 0) is 29.7 Å². The number of hydrogen-bond acceptors (Lipinski definition) is 6. The number of fused-ring (bicyclic) bond motifs is 1. The highest BCUT2D eigenvalue weighted by atomic mass is 35.5. The maximum Gasteiger partial charge on any atom is 0.257 e. The molecule has 1 amide bonds. The quantitative estimate of drug-likeness (QED) is 0.248. The van der Waals surface area contributed by atoms with E-state index in [2.05, 4.69) is 11.1 Å². The lowest BCUT2D eigenvalue weighted by Gasteiger charge is -2.40. The molecule has 1 saturated carbocycles. The second-order valence-electron chi connectivity index (χ2n) is 11.8. The van der Waals surface area contributed by atoms with Gasteiger partial charge in [0, 0.05) is 35.8 Å². The first kappa shape index (κ1) is 30.0.